The minimum atomic E-state index is -1.16. The van der Waals surface area contributed by atoms with E-state index < -0.39 is 29.6 Å². The number of hydrogen-bond acceptors (Lipinski definition) is 5. The van der Waals surface area contributed by atoms with Gasteiger partial charge < -0.3 is 20.3 Å². The van der Waals surface area contributed by atoms with Gasteiger partial charge in [0.15, 0.2) is 0 Å². The number of hydrogen-bond donors (Lipinski definition) is 2. The predicted octanol–water partition coefficient (Wildman–Crippen LogP) is 4.14. The summed E-state index contributed by atoms with van der Waals surface area (Å²) in [4.78, 5) is 43.8. The van der Waals surface area contributed by atoms with Gasteiger partial charge in [0, 0.05) is 21.6 Å². The van der Waals surface area contributed by atoms with E-state index >= 15 is 0 Å². The zero-order valence-electron chi connectivity index (χ0n) is 19.7. The molecule has 1 saturated carbocycles. The number of halogens is 1. The highest BCUT2D eigenvalue weighted by Crippen LogP contribution is 2.55. The molecule has 1 spiro atoms. The van der Waals surface area contributed by atoms with Crippen LogP contribution in [0.25, 0.3) is 0 Å². The molecule has 36 heavy (non-hydrogen) atoms. The van der Waals surface area contributed by atoms with Crippen molar-refractivity contribution in [2.45, 2.75) is 62.4 Å². The molecule has 188 valence electrons. The zero-order valence-corrected chi connectivity index (χ0v) is 21.3. The molecular weight excluding hydrogens is 498 g/mol. The van der Waals surface area contributed by atoms with E-state index in [1.165, 1.54) is 6.42 Å². The average Bonchev–Trinajstić information content (AvgIpc) is 3.63. The monoisotopic (exact) mass is 525 g/mol. The van der Waals surface area contributed by atoms with Gasteiger partial charge in [-0.2, -0.15) is 0 Å². The van der Waals surface area contributed by atoms with Crippen molar-refractivity contribution in [3.05, 3.63) is 63.8 Å². The molecule has 4 heterocycles. The molecule has 2 aromatic rings. The second-order valence-corrected chi connectivity index (χ2v) is 11.6. The summed E-state index contributed by atoms with van der Waals surface area (Å²) in [7, 11) is 0. The molecule has 1 aromatic heterocycles. The summed E-state index contributed by atoms with van der Waals surface area (Å²) in [6, 6.07) is 10.1. The normalized spacial score (nSPS) is 31.0. The summed E-state index contributed by atoms with van der Waals surface area (Å²) in [5.74, 6) is -2.23. The number of benzene rings is 1. The van der Waals surface area contributed by atoms with Crippen LogP contribution in [0, 0.1) is 11.8 Å². The molecule has 7 nitrogen and oxygen atoms in total. The smallest absolute Gasteiger partial charge is 0.246 e. The molecule has 9 heteroatoms. The third-order valence-corrected chi connectivity index (χ3v) is 8.97. The van der Waals surface area contributed by atoms with Gasteiger partial charge >= 0.3 is 0 Å². The molecule has 3 fully saturated rings. The third-order valence-electron chi connectivity index (χ3n) is 7.88. The van der Waals surface area contributed by atoms with Gasteiger partial charge in [-0.15, -0.1) is 11.3 Å². The molecular formula is C27H28ClN3O4S. The maximum atomic E-state index is 14.0. The van der Waals surface area contributed by atoms with Crippen molar-refractivity contribution in [3.8, 4) is 0 Å². The lowest BCUT2D eigenvalue weighted by atomic mass is 9.74. The van der Waals surface area contributed by atoms with Crippen molar-refractivity contribution in [3.63, 3.8) is 0 Å². The summed E-state index contributed by atoms with van der Waals surface area (Å²) < 4.78 is 6.40. The maximum absolute atomic E-state index is 14.0. The molecule has 2 saturated heterocycles. The highest BCUT2D eigenvalue weighted by molar-refractivity contribution is 7.09. The molecule has 3 amide bonds. The van der Waals surface area contributed by atoms with Crippen LogP contribution in [0.2, 0.25) is 5.02 Å². The first-order chi connectivity index (χ1) is 17.5. The van der Waals surface area contributed by atoms with Crippen LogP contribution in [0.5, 0.6) is 0 Å². The summed E-state index contributed by atoms with van der Waals surface area (Å²) in [5.41, 5.74) is -0.602. The van der Waals surface area contributed by atoms with E-state index in [1.54, 1.807) is 40.5 Å². The SMILES string of the molecule is O=C(Nc1cccc(Cl)c1)C1[C@H]2C=CC3(O2)C(C(=O)NC2CCCCC2)N(Cc2cccs2)C(=O)[C@@H]13. The van der Waals surface area contributed by atoms with Crippen LogP contribution in [0.3, 0.4) is 0 Å². The van der Waals surface area contributed by atoms with Crippen LogP contribution in [0.4, 0.5) is 5.69 Å². The lowest BCUT2D eigenvalue weighted by molar-refractivity contribution is -0.142. The number of carbonyl (C=O) groups is 3. The van der Waals surface area contributed by atoms with E-state index in [-0.39, 0.29) is 23.8 Å². The molecule has 1 aliphatic carbocycles. The predicted molar refractivity (Wildman–Crippen MR) is 137 cm³/mol. The number of nitrogens with zero attached hydrogens (tertiary/aromatic N) is 1. The molecule has 6 rings (SSSR count). The van der Waals surface area contributed by atoms with Crippen molar-refractivity contribution in [1.29, 1.82) is 0 Å². The maximum Gasteiger partial charge on any atom is 0.246 e. The Morgan fingerprint density at radius 1 is 1.14 bits per heavy atom. The molecule has 5 atom stereocenters. The molecule has 2 N–H and O–H groups in total. The molecule has 0 radical (unpaired) electrons. The minimum Gasteiger partial charge on any atom is -0.359 e. The standard InChI is InChI=1S/C27H28ClN3O4S/c28-16-6-4-9-18(14-16)30-24(32)21-20-11-12-27(35-20)22(21)26(34)31(15-19-10-5-13-36-19)23(27)25(33)29-17-7-2-1-3-8-17/h4-6,9-14,17,20-23H,1-3,7-8,15H2,(H,29,33)(H,30,32)/t20-,21?,22-,23?,27?/m1/s1. The Morgan fingerprint density at radius 3 is 2.72 bits per heavy atom. The van der Waals surface area contributed by atoms with E-state index in [9.17, 15) is 14.4 Å². The van der Waals surface area contributed by atoms with E-state index in [1.807, 2.05) is 29.7 Å². The Labute approximate surface area is 218 Å². The Balaban J connectivity index is 1.32. The molecule has 2 bridgehead atoms. The Kier molecular flexibility index (Phi) is 6.14. The van der Waals surface area contributed by atoms with Gasteiger partial charge in [-0.05, 0) is 42.5 Å². The molecule has 3 unspecified atom stereocenters. The number of likely N-dealkylation sites (tertiary alicyclic amines) is 1. The van der Waals surface area contributed by atoms with E-state index in [2.05, 4.69) is 10.6 Å². The number of nitrogens with one attached hydrogen (secondary N) is 2. The van der Waals surface area contributed by atoms with Gasteiger partial charge in [0.2, 0.25) is 17.7 Å². The Hall–Kier alpha value is -2.68. The highest BCUT2D eigenvalue weighted by Gasteiger charge is 2.72. The van der Waals surface area contributed by atoms with Gasteiger partial charge in [0.1, 0.15) is 11.6 Å². The van der Waals surface area contributed by atoms with Crippen LogP contribution in [-0.2, 0) is 25.7 Å². The number of carbonyl (C=O) groups excluding carboxylic acids is 3. The number of anilines is 1. The van der Waals surface area contributed by atoms with E-state index in [0.717, 1.165) is 30.6 Å². The zero-order chi connectivity index (χ0) is 24.9. The van der Waals surface area contributed by atoms with Crippen LogP contribution in [-0.4, -0.2) is 46.4 Å². The second-order valence-electron chi connectivity index (χ2n) is 10.1. The summed E-state index contributed by atoms with van der Waals surface area (Å²) in [6.07, 6.45) is 8.37. The lowest BCUT2D eigenvalue weighted by Gasteiger charge is -2.34. The topological polar surface area (TPSA) is 87.7 Å². The molecule has 1 aromatic carbocycles. The van der Waals surface area contributed by atoms with Crippen LogP contribution in [0.15, 0.2) is 53.9 Å². The van der Waals surface area contributed by atoms with Gasteiger partial charge in [0.25, 0.3) is 0 Å². The summed E-state index contributed by atoms with van der Waals surface area (Å²) >= 11 is 7.63. The number of thiophene rings is 1. The first-order valence-electron chi connectivity index (χ1n) is 12.5. The van der Waals surface area contributed by atoms with Gasteiger partial charge in [-0.25, -0.2) is 0 Å². The number of ether oxygens (including phenoxy) is 1. The summed E-state index contributed by atoms with van der Waals surface area (Å²) in [5, 5.41) is 8.58. The fourth-order valence-electron chi connectivity index (χ4n) is 6.33. The molecule has 3 aliphatic heterocycles. The van der Waals surface area contributed by atoms with Gasteiger partial charge in [-0.1, -0.05) is 55.1 Å². The highest BCUT2D eigenvalue weighted by atomic mass is 35.5. The summed E-state index contributed by atoms with van der Waals surface area (Å²) in [6.45, 7) is 0.308. The fraction of sp³-hybridized carbons (Fsp3) is 0.444. The third kappa shape index (κ3) is 3.96. The largest absolute Gasteiger partial charge is 0.359 e. The number of fused-ring (bicyclic) bond motifs is 1. The van der Waals surface area contributed by atoms with Gasteiger partial charge in [-0.3, -0.25) is 14.4 Å². The van der Waals surface area contributed by atoms with Crippen LogP contribution >= 0.6 is 22.9 Å². The molecule has 4 aliphatic rings. The van der Waals surface area contributed by atoms with Crippen LogP contribution in [0.1, 0.15) is 37.0 Å². The van der Waals surface area contributed by atoms with Crippen molar-refractivity contribution in [2.75, 3.05) is 5.32 Å². The number of rotatable bonds is 6. The Morgan fingerprint density at radius 2 is 1.97 bits per heavy atom. The fourth-order valence-corrected chi connectivity index (χ4v) is 7.22. The minimum absolute atomic E-state index is 0.102. The Bertz CT molecular complexity index is 1210. The van der Waals surface area contributed by atoms with Crippen LogP contribution < -0.4 is 10.6 Å². The second kappa shape index (κ2) is 9.32. The van der Waals surface area contributed by atoms with Crippen molar-refractivity contribution in [2.24, 2.45) is 11.8 Å². The van der Waals surface area contributed by atoms with E-state index in [0.29, 0.717) is 17.3 Å². The van der Waals surface area contributed by atoms with E-state index in [4.69, 9.17) is 16.3 Å². The lowest BCUT2D eigenvalue weighted by Crippen LogP contribution is -2.56. The first kappa shape index (κ1) is 23.7. The van der Waals surface area contributed by atoms with Crippen molar-refractivity contribution >= 4 is 46.3 Å². The van der Waals surface area contributed by atoms with Crippen molar-refractivity contribution < 1.29 is 19.1 Å². The number of amides is 3. The first-order valence-corrected chi connectivity index (χ1v) is 13.8. The van der Waals surface area contributed by atoms with Gasteiger partial charge in [0.05, 0.1) is 24.5 Å². The quantitative estimate of drug-likeness (QED) is 0.555. The van der Waals surface area contributed by atoms with Crippen molar-refractivity contribution in [1.82, 2.24) is 10.2 Å². The average molecular weight is 526 g/mol.